The molecular formula is C15H14ClNO2. The molecule has 3 nitrogen and oxygen atoms in total. The van der Waals surface area contributed by atoms with E-state index < -0.39 is 11.9 Å². The SMILES string of the molecule is CC1(C)[C@@H](C=C(C#N)c2ccccc2Cl)[C@@H]1C(=O)O. The van der Waals surface area contributed by atoms with Crippen LogP contribution in [0.15, 0.2) is 30.3 Å². The van der Waals surface area contributed by atoms with Gasteiger partial charge in [-0.05, 0) is 17.4 Å². The van der Waals surface area contributed by atoms with Crippen molar-refractivity contribution >= 4 is 23.1 Å². The summed E-state index contributed by atoms with van der Waals surface area (Å²) < 4.78 is 0. The molecule has 0 unspecified atom stereocenters. The summed E-state index contributed by atoms with van der Waals surface area (Å²) in [6, 6.07) is 9.19. The molecule has 1 aliphatic carbocycles. The second kappa shape index (κ2) is 4.71. The molecule has 1 aromatic carbocycles. The standard InChI is InChI=1S/C15H14ClNO2/c1-15(2)11(13(15)14(18)19)7-9(8-17)10-5-3-4-6-12(10)16/h3-7,11,13H,1-2H3,(H,18,19)/t11-,13+/m0/s1. The molecule has 2 rings (SSSR count). The first-order valence-corrected chi connectivity index (χ1v) is 6.37. The van der Waals surface area contributed by atoms with Crippen LogP contribution in [0.4, 0.5) is 0 Å². The van der Waals surface area contributed by atoms with Crippen molar-refractivity contribution in [3.63, 3.8) is 0 Å². The molecule has 1 fully saturated rings. The Balaban J connectivity index is 2.36. The monoisotopic (exact) mass is 275 g/mol. The summed E-state index contributed by atoms with van der Waals surface area (Å²) in [6.07, 6.45) is 1.74. The second-order valence-electron chi connectivity index (χ2n) is 5.34. The maximum absolute atomic E-state index is 11.1. The largest absolute Gasteiger partial charge is 0.481 e. The fourth-order valence-electron chi connectivity index (χ4n) is 2.51. The van der Waals surface area contributed by atoms with Crippen LogP contribution in [0, 0.1) is 28.6 Å². The molecule has 0 radical (unpaired) electrons. The van der Waals surface area contributed by atoms with Gasteiger partial charge in [0.05, 0.1) is 17.6 Å². The van der Waals surface area contributed by atoms with E-state index in [1.165, 1.54) is 0 Å². The van der Waals surface area contributed by atoms with Crippen LogP contribution in [0.5, 0.6) is 0 Å². The maximum Gasteiger partial charge on any atom is 0.307 e. The molecule has 0 heterocycles. The zero-order valence-electron chi connectivity index (χ0n) is 10.7. The highest BCUT2D eigenvalue weighted by Gasteiger charge is 2.61. The Kier molecular flexibility index (Phi) is 3.38. The maximum atomic E-state index is 11.1. The summed E-state index contributed by atoms with van der Waals surface area (Å²) in [5, 5.41) is 18.9. The predicted octanol–water partition coefficient (Wildman–Crippen LogP) is 3.60. The van der Waals surface area contributed by atoms with Gasteiger partial charge in [-0.2, -0.15) is 5.26 Å². The lowest BCUT2D eigenvalue weighted by atomic mass is 10.0. The fourth-order valence-corrected chi connectivity index (χ4v) is 2.74. The molecule has 2 atom stereocenters. The van der Waals surface area contributed by atoms with Gasteiger partial charge in [0, 0.05) is 10.6 Å². The van der Waals surface area contributed by atoms with Crippen molar-refractivity contribution in [2.75, 3.05) is 0 Å². The molecule has 0 spiro atoms. The highest BCUT2D eigenvalue weighted by Crippen LogP contribution is 2.59. The van der Waals surface area contributed by atoms with E-state index >= 15 is 0 Å². The van der Waals surface area contributed by atoms with Crippen LogP contribution in [0.2, 0.25) is 5.02 Å². The van der Waals surface area contributed by atoms with Gasteiger partial charge >= 0.3 is 5.97 Å². The number of carbonyl (C=O) groups is 1. The molecule has 1 aromatic rings. The Bertz CT molecular complexity index is 598. The molecule has 19 heavy (non-hydrogen) atoms. The van der Waals surface area contributed by atoms with Crippen molar-refractivity contribution in [2.24, 2.45) is 17.3 Å². The highest BCUT2D eigenvalue weighted by atomic mass is 35.5. The molecule has 1 aliphatic rings. The van der Waals surface area contributed by atoms with Gasteiger partial charge in [0.15, 0.2) is 0 Å². The van der Waals surface area contributed by atoms with Crippen molar-refractivity contribution in [3.8, 4) is 6.07 Å². The zero-order chi connectivity index (χ0) is 14.2. The number of nitrogens with zero attached hydrogens (tertiary/aromatic N) is 1. The van der Waals surface area contributed by atoms with Gasteiger partial charge in [-0.25, -0.2) is 0 Å². The first-order valence-electron chi connectivity index (χ1n) is 5.99. The number of rotatable bonds is 3. The molecule has 0 saturated heterocycles. The van der Waals surface area contributed by atoms with E-state index in [4.69, 9.17) is 16.7 Å². The van der Waals surface area contributed by atoms with Crippen LogP contribution in [0.3, 0.4) is 0 Å². The lowest BCUT2D eigenvalue weighted by molar-refractivity contribution is -0.139. The summed E-state index contributed by atoms with van der Waals surface area (Å²) in [5.74, 6) is -1.38. The third-order valence-electron chi connectivity index (χ3n) is 3.81. The Morgan fingerprint density at radius 3 is 2.58 bits per heavy atom. The third kappa shape index (κ3) is 2.36. The average molecular weight is 276 g/mol. The van der Waals surface area contributed by atoms with Gasteiger partial charge in [-0.15, -0.1) is 0 Å². The van der Waals surface area contributed by atoms with Gasteiger partial charge in [-0.3, -0.25) is 4.79 Å². The van der Waals surface area contributed by atoms with E-state index in [1.807, 2.05) is 13.8 Å². The molecule has 98 valence electrons. The van der Waals surface area contributed by atoms with Crippen molar-refractivity contribution in [1.82, 2.24) is 0 Å². The number of hydrogen-bond acceptors (Lipinski definition) is 2. The summed E-state index contributed by atoms with van der Waals surface area (Å²) in [6.45, 7) is 3.79. The zero-order valence-corrected chi connectivity index (χ0v) is 11.5. The first-order chi connectivity index (χ1) is 8.89. The van der Waals surface area contributed by atoms with E-state index in [1.54, 1.807) is 30.3 Å². The van der Waals surface area contributed by atoms with Crippen molar-refractivity contribution in [1.29, 1.82) is 5.26 Å². The number of nitriles is 1. The summed E-state index contributed by atoms with van der Waals surface area (Å²) in [5.41, 5.74) is 0.778. The van der Waals surface area contributed by atoms with Crippen molar-refractivity contribution < 1.29 is 9.90 Å². The number of carboxylic acids is 1. The van der Waals surface area contributed by atoms with Crippen LogP contribution in [0.1, 0.15) is 19.4 Å². The molecule has 1 N–H and O–H groups in total. The molecule has 0 aromatic heterocycles. The topological polar surface area (TPSA) is 61.1 Å². The Labute approximate surface area is 117 Å². The molecule has 0 amide bonds. The van der Waals surface area contributed by atoms with Gasteiger partial charge in [-0.1, -0.05) is 49.7 Å². The summed E-state index contributed by atoms with van der Waals surface area (Å²) in [7, 11) is 0. The molecule has 0 aliphatic heterocycles. The van der Waals surface area contributed by atoms with Gasteiger partial charge < -0.3 is 5.11 Å². The number of carboxylic acid groups (broad SMARTS) is 1. The van der Waals surface area contributed by atoms with Crippen LogP contribution in [-0.2, 0) is 4.79 Å². The smallest absolute Gasteiger partial charge is 0.307 e. The van der Waals surface area contributed by atoms with E-state index in [0.717, 1.165) is 0 Å². The first kappa shape index (κ1) is 13.6. The Morgan fingerprint density at radius 2 is 2.11 bits per heavy atom. The number of allylic oxidation sites excluding steroid dienone is 2. The minimum atomic E-state index is -0.817. The molecule has 4 heteroatoms. The normalized spacial score (nSPS) is 24.6. The van der Waals surface area contributed by atoms with E-state index in [2.05, 4.69) is 6.07 Å². The fraction of sp³-hybridized carbons (Fsp3) is 0.333. The van der Waals surface area contributed by atoms with Crippen LogP contribution < -0.4 is 0 Å². The molecule has 0 bridgehead atoms. The summed E-state index contributed by atoms with van der Waals surface area (Å²) >= 11 is 6.06. The minimum absolute atomic E-state index is 0.129. The number of benzene rings is 1. The molecule has 1 saturated carbocycles. The minimum Gasteiger partial charge on any atom is -0.481 e. The average Bonchev–Trinajstić information content (AvgIpc) is 2.89. The number of halogens is 1. The van der Waals surface area contributed by atoms with E-state index in [-0.39, 0.29) is 11.3 Å². The Hall–Kier alpha value is -1.79. The van der Waals surface area contributed by atoms with Gasteiger partial charge in [0.1, 0.15) is 0 Å². The molecular weight excluding hydrogens is 262 g/mol. The number of aliphatic carboxylic acids is 1. The quantitative estimate of drug-likeness (QED) is 0.857. The Morgan fingerprint density at radius 1 is 1.47 bits per heavy atom. The van der Waals surface area contributed by atoms with Crippen molar-refractivity contribution in [2.45, 2.75) is 13.8 Å². The van der Waals surface area contributed by atoms with Gasteiger partial charge in [0.25, 0.3) is 0 Å². The third-order valence-corrected chi connectivity index (χ3v) is 4.14. The lowest BCUT2D eigenvalue weighted by Gasteiger charge is -2.02. The summed E-state index contributed by atoms with van der Waals surface area (Å²) in [4.78, 5) is 11.1. The number of hydrogen-bond donors (Lipinski definition) is 1. The highest BCUT2D eigenvalue weighted by molar-refractivity contribution is 6.32. The van der Waals surface area contributed by atoms with Crippen LogP contribution in [-0.4, -0.2) is 11.1 Å². The lowest BCUT2D eigenvalue weighted by Crippen LogP contribution is -2.03. The predicted molar refractivity (Wildman–Crippen MR) is 73.4 cm³/mol. The van der Waals surface area contributed by atoms with Crippen LogP contribution >= 0.6 is 11.6 Å². The van der Waals surface area contributed by atoms with E-state index in [0.29, 0.717) is 16.2 Å². The van der Waals surface area contributed by atoms with Crippen LogP contribution in [0.25, 0.3) is 5.57 Å². The second-order valence-corrected chi connectivity index (χ2v) is 5.74. The van der Waals surface area contributed by atoms with Gasteiger partial charge in [0.2, 0.25) is 0 Å². The van der Waals surface area contributed by atoms with Crippen molar-refractivity contribution in [3.05, 3.63) is 40.9 Å². The van der Waals surface area contributed by atoms with E-state index in [9.17, 15) is 10.1 Å².